The van der Waals surface area contributed by atoms with E-state index in [-0.39, 0.29) is 18.2 Å². The van der Waals surface area contributed by atoms with Crippen LogP contribution in [0.2, 0.25) is 0 Å². The molecule has 0 aliphatic carbocycles. The van der Waals surface area contributed by atoms with Gasteiger partial charge in [-0.15, -0.1) is 5.06 Å². The maximum atomic E-state index is 13.6. The molecule has 2 aromatic carbocycles. The van der Waals surface area contributed by atoms with Gasteiger partial charge in [-0.2, -0.15) is 26.3 Å². The molecule has 0 aromatic heterocycles. The molecular weight excluding hydrogens is 495 g/mol. The van der Waals surface area contributed by atoms with Crippen LogP contribution in [0, 0.1) is 12.7 Å². The number of benzene rings is 2. The predicted molar refractivity (Wildman–Crippen MR) is 117 cm³/mol. The van der Waals surface area contributed by atoms with Gasteiger partial charge in [0.15, 0.2) is 0 Å². The topological polar surface area (TPSA) is 44.8 Å². The first-order valence-corrected chi connectivity index (χ1v) is 11.2. The standard InChI is InChI=1S/C24H26F7N3O2/c1-14-10-19(25)4-5-20(14)21-6-7-32-8-9-34(21)36-22(35)33(3)15(2)16-11-17(23(26,27)28)13-18(12-16)24(29,30)31/h4-5,10-13,15,21,32H,6-9H2,1-3H3/t15-,21-/m1/s1. The molecule has 2 atom stereocenters. The zero-order valence-electron chi connectivity index (χ0n) is 19.8. The summed E-state index contributed by atoms with van der Waals surface area (Å²) in [5.41, 5.74) is -1.90. The number of hydroxylamine groups is 2. The van der Waals surface area contributed by atoms with Crippen LogP contribution in [0.4, 0.5) is 35.5 Å². The maximum absolute atomic E-state index is 13.6. The molecule has 0 radical (unpaired) electrons. The number of carbonyl (C=O) groups is 1. The van der Waals surface area contributed by atoms with Crippen molar-refractivity contribution in [3.8, 4) is 0 Å². The molecule has 2 aromatic rings. The van der Waals surface area contributed by atoms with Gasteiger partial charge in [0.05, 0.1) is 23.2 Å². The number of carbonyl (C=O) groups excluding carboxylic acids is 1. The monoisotopic (exact) mass is 521 g/mol. The molecule has 5 nitrogen and oxygen atoms in total. The third-order valence-electron chi connectivity index (χ3n) is 6.20. The van der Waals surface area contributed by atoms with E-state index in [9.17, 15) is 35.5 Å². The van der Waals surface area contributed by atoms with E-state index in [0.29, 0.717) is 37.2 Å². The minimum atomic E-state index is -5.01. The van der Waals surface area contributed by atoms with E-state index in [4.69, 9.17) is 4.84 Å². The smallest absolute Gasteiger partial charge is 0.350 e. The van der Waals surface area contributed by atoms with Crippen LogP contribution in [-0.2, 0) is 17.2 Å². The molecule has 1 fully saturated rings. The lowest BCUT2D eigenvalue weighted by Gasteiger charge is -2.32. The summed E-state index contributed by atoms with van der Waals surface area (Å²) in [6, 6.07) is 3.85. The fraction of sp³-hybridized carbons (Fsp3) is 0.458. The van der Waals surface area contributed by atoms with Gasteiger partial charge in [0.2, 0.25) is 0 Å². The van der Waals surface area contributed by atoms with Crippen molar-refractivity contribution in [1.82, 2.24) is 15.3 Å². The highest BCUT2D eigenvalue weighted by molar-refractivity contribution is 5.67. The van der Waals surface area contributed by atoms with E-state index in [1.54, 1.807) is 13.0 Å². The van der Waals surface area contributed by atoms with Gasteiger partial charge >= 0.3 is 18.4 Å². The first-order chi connectivity index (χ1) is 16.7. The maximum Gasteiger partial charge on any atom is 0.429 e. The van der Waals surface area contributed by atoms with Gasteiger partial charge in [-0.1, -0.05) is 6.07 Å². The van der Waals surface area contributed by atoms with Gasteiger partial charge in [-0.05, 0) is 73.8 Å². The molecule has 1 amide bonds. The minimum Gasteiger partial charge on any atom is -0.350 e. The Morgan fingerprint density at radius 2 is 1.67 bits per heavy atom. The third kappa shape index (κ3) is 6.47. The minimum absolute atomic E-state index is 0.0361. The molecule has 0 unspecified atom stereocenters. The van der Waals surface area contributed by atoms with Crippen LogP contribution in [0.5, 0.6) is 0 Å². The van der Waals surface area contributed by atoms with Crippen molar-refractivity contribution in [2.45, 2.75) is 44.7 Å². The number of amides is 1. The summed E-state index contributed by atoms with van der Waals surface area (Å²) in [6.07, 6.45) is -10.5. The van der Waals surface area contributed by atoms with E-state index in [2.05, 4.69) is 5.32 Å². The Labute approximate surface area is 203 Å². The van der Waals surface area contributed by atoms with Crippen molar-refractivity contribution in [2.24, 2.45) is 0 Å². The fourth-order valence-corrected chi connectivity index (χ4v) is 4.05. The van der Waals surface area contributed by atoms with Crippen molar-refractivity contribution in [3.63, 3.8) is 0 Å². The molecule has 36 heavy (non-hydrogen) atoms. The van der Waals surface area contributed by atoms with E-state index in [0.717, 1.165) is 10.5 Å². The first kappa shape index (κ1) is 27.7. The fourth-order valence-electron chi connectivity index (χ4n) is 4.05. The second-order valence-electron chi connectivity index (χ2n) is 8.68. The third-order valence-corrected chi connectivity index (χ3v) is 6.20. The summed E-state index contributed by atoms with van der Waals surface area (Å²) in [6.45, 7) is 4.34. The number of nitrogens with zero attached hydrogens (tertiary/aromatic N) is 2. The normalized spacial score (nSPS) is 18.4. The van der Waals surface area contributed by atoms with Gasteiger partial charge in [-0.25, -0.2) is 9.18 Å². The van der Waals surface area contributed by atoms with Crippen LogP contribution in [0.25, 0.3) is 0 Å². The molecule has 1 heterocycles. The summed E-state index contributed by atoms with van der Waals surface area (Å²) in [7, 11) is 1.23. The quantitative estimate of drug-likeness (QED) is 0.483. The average Bonchev–Trinajstić information content (AvgIpc) is 3.02. The van der Waals surface area contributed by atoms with Crippen molar-refractivity contribution in [2.75, 3.05) is 26.7 Å². The van der Waals surface area contributed by atoms with E-state index in [1.165, 1.54) is 31.2 Å². The number of alkyl halides is 6. The van der Waals surface area contributed by atoms with E-state index < -0.39 is 47.5 Å². The summed E-state index contributed by atoms with van der Waals surface area (Å²) >= 11 is 0. The Morgan fingerprint density at radius 1 is 1.06 bits per heavy atom. The van der Waals surface area contributed by atoms with Crippen molar-refractivity contribution >= 4 is 6.09 Å². The zero-order chi connectivity index (χ0) is 26.8. The summed E-state index contributed by atoms with van der Waals surface area (Å²) < 4.78 is 93.2. The van der Waals surface area contributed by atoms with Crippen molar-refractivity contribution < 1.29 is 40.4 Å². The lowest BCUT2D eigenvalue weighted by molar-refractivity contribution is -0.143. The molecular formula is C24H26F7N3O2. The second kappa shape index (κ2) is 10.6. The largest absolute Gasteiger partial charge is 0.429 e. The molecule has 1 aliphatic rings. The van der Waals surface area contributed by atoms with Crippen LogP contribution < -0.4 is 5.32 Å². The van der Waals surface area contributed by atoms with Gasteiger partial charge in [0.25, 0.3) is 0 Å². The number of hydrogen-bond donors (Lipinski definition) is 1. The van der Waals surface area contributed by atoms with Crippen LogP contribution in [0.15, 0.2) is 36.4 Å². The molecule has 1 aliphatic heterocycles. The second-order valence-corrected chi connectivity index (χ2v) is 8.68. The van der Waals surface area contributed by atoms with E-state index >= 15 is 0 Å². The Morgan fingerprint density at radius 3 is 2.22 bits per heavy atom. The number of hydrogen-bond acceptors (Lipinski definition) is 4. The molecule has 0 bridgehead atoms. The van der Waals surface area contributed by atoms with Gasteiger partial charge in [-0.3, -0.25) is 0 Å². The highest BCUT2D eigenvalue weighted by Gasteiger charge is 2.38. The SMILES string of the molecule is Cc1cc(F)ccc1[C@H]1CCNCCN1OC(=O)N(C)[C@H](C)c1cc(C(F)(F)F)cc(C(F)(F)F)c1. The number of nitrogens with one attached hydrogen (secondary N) is 1. The highest BCUT2D eigenvalue weighted by atomic mass is 19.4. The molecule has 198 valence electrons. The summed E-state index contributed by atoms with van der Waals surface area (Å²) in [5, 5.41) is 4.57. The van der Waals surface area contributed by atoms with Crippen LogP contribution in [0.3, 0.4) is 0 Å². The Kier molecular flexibility index (Phi) is 8.19. The van der Waals surface area contributed by atoms with Crippen LogP contribution in [0.1, 0.15) is 53.2 Å². The molecule has 12 heteroatoms. The van der Waals surface area contributed by atoms with Crippen molar-refractivity contribution in [3.05, 3.63) is 70.0 Å². The number of aryl methyl sites for hydroxylation is 1. The Balaban J connectivity index is 1.86. The number of rotatable bonds is 4. The van der Waals surface area contributed by atoms with Crippen molar-refractivity contribution in [1.29, 1.82) is 0 Å². The number of halogens is 7. The zero-order valence-corrected chi connectivity index (χ0v) is 19.8. The predicted octanol–water partition coefficient (Wildman–Crippen LogP) is 6.25. The van der Waals surface area contributed by atoms with Gasteiger partial charge in [0, 0.05) is 20.1 Å². The first-order valence-electron chi connectivity index (χ1n) is 11.2. The average molecular weight is 521 g/mol. The highest BCUT2D eigenvalue weighted by Crippen LogP contribution is 2.38. The van der Waals surface area contributed by atoms with Gasteiger partial charge < -0.3 is 15.1 Å². The lowest BCUT2D eigenvalue weighted by atomic mass is 9.98. The molecule has 1 N–H and O–H groups in total. The summed E-state index contributed by atoms with van der Waals surface area (Å²) in [5.74, 6) is -0.417. The molecule has 0 spiro atoms. The van der Waals surface area contributed by atoms with Crippen LogP contribution >= 0.6 is 0 Å². The summed E-state index contributed by atoms with van der Waals surface area (Å²) in [4.78, 5) is 19.5. The lowest BCUT2D eigenvalue weighted by Crippen LogP contribution is -2.39. The Hall–Kier alpha value is -2.86. The van der Waals surface area contributed by atoms with Gasteiger partial charge in [0.1, 0.15) is 5.82 Å². The Bertz CT molecular complexity index is 1060. The molecule has 3 rings (SSSR count). The molecule has 1 saturated heterocycles. The van der Waals surface area contributed by atoms with E-state index in [1.807, 2.05) is 0 Å². The van der Waals surface area contributed by atoms with Crippen LogP contribution in [-0.4, -0.2) is 42.7 Å². The molecule has 0 saturated carbocycles.